The first-order valence-corrected chi connectivity index (χ1v) is 7.75. The number of aryl methyl sites for hydroxylation is 1. The van der Waals surface area contributed by atoms with Gasteiger partial charge in [0.15, 0.2) is 0 Å². The monoisotopic (exact) mass is 273 g/mol. The zero-order valence-corrected chi connectivity index (χ0v) is 13.1. The maximum absolute atomic E-state index is 4.78. The molecule has 1 aliphatic carbocycles. The molecule has 0 aliphatic heterocycles. The number of aromatic nitrogens is 1. The third-order valence-corrected chi connectivity index (χ3v) is 3.63. The Morgan fingerprint density at radius 2 is 2.15 bits per heavy atom. The van der Waals surface area contributed by atoms with Crippen LogP contribution in [0.15, 0.2) is 24.3 Å². The SMILES string of the molecule is C=C(C)CN(CC)c1cc(CNC2CC2)cc(CC)n1. The van der Waals surface area contributed by atoms with E-state index in [0.29, 0.717) is 0 Å². The highest BCUT2D eigenvalue weighted by atomic mass is 15.2. The molecular formula is C17H27N3. The van der Waals surface area contributed by atoms with Crippen LogP contribution in [0.2, 0.25) is 0 Å². The molecule has 0 atom stereocenters. The van der Waals surface area contributed by atoms with Gasteiger partial charge in [-0.3, -0.25) is 0 Å². The Kier molecular flexibility index (Phi) is 5.18. The summed E-state index contributed by atoms with van der Waals surface area (Å²) in [4.78, 5) is 7.07. The van der Waals surface area contributed by atoms with Gasteiger partial charge in [-0.15, -0.1) is 0 Å². The molecule has 0 amide bonds. The molecule has 20 heavy (non-hydrogen) atoms. The van der Waals surface area contributed by atoms with E-state index >= 15 is 0 Å². The van der Waals surface area contributed by atoms with Crippen LogP contribution in [0.1, 0.15) is 44.9 Å². The summed E-state index contributed by atoms with van der Waals surface area (Å²) >= 11 is 0. The number of anilines is 1. The van der Waals surface area contributed by atoms with E-state index in [1.807, 2.05) is 0 Å². The van der Waals surface area contributed by atoms with Gasteiger partial charge in [0.05, 0.1) is 0 Å². The van der Waals surface area contributed by atoms with Crippen molar-refractivity contribution in [2.45, 2.75) is 52.6 Å². The van der Waals surface area contributed by atoms with Crippen LogP contribution in [0.4, 0.5) is 5.82 Å². The first kappa shape index (κ1) is 15.0. The van der Waals surface area contributed by atoms with Crippen LogP contribution < -0.4 is 10.2 Å². The van der Waals surface area contributed by atoms with Gasteiger partial charge < -0.3 is 10.2 Å². The van der Waals surface area contributed by atoms with Gasteiger partial charge in [-0.05, 0) is 50.8 Å². The van der Waals surface area contributed by atoms with Crippen molar-refractivity contribution in [3.05, 3.63) is 35.5 Å². The molecule has 1 N–H and O–H groups in total. The number of hydrogen-bond acceptors (Lipinski definition) is 3. The summed E-state index contributed by atoms with van der Waals surface area (Å²) < 4.78 is 0. The quantitative estimate of drug-likeness (QED) is 0.737. The van der Waals surface area contributed by atoms with E-state index in [0.717, 1.165) is 37.9 Å². The van der Waals surface area contributed by atoms with Crippen molar-refractivity contribution in [1.29, 1.82) is 0 Å². The molecule has 2 rings (SSSR count). The van der Waals surface area contributed by atoms with E-state index in [1.54, 1.807) is 0 Å². The summed E-state index contributed by atoms with van der Waals surface area (Å²) in [6.07, 6.45) is 3.64. The summed E-state index contributed by atoms with van der Waals surface area (Å²) in [5, 5.41) is 3.59. The number of hydrogen-bond donors (Lipinski definition) is 1. The largest absolute Gasteiger partial charge is 0.353 e. The van der Waals surface area contributed by atoms with Crippen LogP contribution in [-0.4, -0.2) is 24.1 Å². The van der Waals surface area contributed by atoms with E-state index in [2.05, 4.69) is 49.7 Å². The molecule has 1 fully saturated rings. The predicted molar refractivity (Wildman–Crippen MR) is 86.2 cm³/mol. The minimum absolute atomic E-state index is 0.745. The first-order valence-electron chi connectivity index (χ1n) is 7.75. The second-order valence-corrected chi connectivity index (χ2v) is 5.80. The number of likely N-dealkylation sites (N-methyl/N-ethyl adjacent to an activating group) is 1. The van der Waals surface area contributed by atoms with Crippen molar-refractivity contribution in [3.8, 4) is 0 Å². The highest BCUT2D eigenvalue weighted by Gasteiger charge is 2.20. The highest BCUT2D eigenvalue weighted by Crippen LogP contribution is 2.21. The van der Waals surface area contributed by atoms with E-state index in [9.17, 15) is 0 Å². The average Bonchev–Trinajstić information content (AvgIpc) is 3.26. The summed E-state index contributed by atoms with van der Waals surface area (Å²) in [5.74, 6) is 1.09. The average molecular weight is 273 g/mol. The molecule has 1 aromatic rings. The van der Waals surface area contributed by atoms with Crippen molar-refractivity contribution >= 4 is 5.82 Å². The van der Waals surface area contributed by atoms with Crippen molar-refractivity contribution in [2.24, 2.45) is 0 Å². The van der Waals surface area contributed by atoms with Gasteiger partial charge in [-0.2, -0.15) is 0 Å². The van der Waals surface area contributed by atoms with E-state index < -0.39 is 0 Å². The number of nitrogens with zero attached hydrogens (tertiary/aromatic N) is 2. The van der Waals surface area contributed by atoms with Gasteiger partial charge in [0.1, 0.15) is 5.82 Å². The third-order valence-electron chi connectivity index (χ3n) is 3.63. The molecule has 0 aromatic carbocycles. The normalized spacial score (nSPS) is 14.3. The Bertz CT molecular complexity index is 463. The fraction of sp³-hybridized carbons (Fsp3) is 0.588. The van der Waals surface area contributed by atoms with Crippen molar-refractivity contribution < 1.29 is 0 Å². The molecular weight excluding hydrogens is 246 g/mol. The molecule has 0 unspecified atom stereocenters. The smallest absolute Gasteiger partial charge is 0.129 e. The lowest BCUT2D eigenvalue weighted by Crippen LogP contribution is -2.26. The zero-order chi connectivity index (χ0) is 14.5. The molecule has 110 valence electrons. The molecule has 0 spiro atoms. The standard InChI is InChI=1S/C17H27N3/c1-5-15-9-14(11-18-16-7-8-16)10-17(19-15)20(6-2)12-13(3)4/h9-10,16,18H,3,5-8,11-12H2,1-2,4H3. The molecule has 3 nitrogen and oxygen atoms in total. The molecule has 1 heterocycles. The van der Waals surface area contributed by atoms with Crippen LogP contribution in [-0.2, 0) is 13.0 Å². The van der Waals surface area contributed by atoms with E-state index in [-0.39, 0.29) is 0 Å². The molecule has 1 aromatic heterocycles. The van der Waals surface area contributed by atoms with Gasteiger partial charge in [-0.25, -0.2) is 4.98 Å². The second kappa shape index (κ2) is 6.89. The Labute approximate surface area is 123 Å². The predicted octanol–water partition coefficient (Wildman–Crippen LogP) is 3.30. The lowest BCUT2D eigenvalue weighted by Gasteiger charge is -2.23. The summed E-state index contributed by atoms with van der Waals surface area (Å²) in [7, 11) is 0. The Morgan fingerprint density at radius 3 is 2.70 bits per heavy atom. The van der Waals surface area contributed by atoms with Crippen molar-refractivity contribution in [2.75, 3.05) is 18.0 Å². The van der Waals surface area contributed by atoms with Crippen LogP contribution in [0.3, 0.4) is 0 Å². The van der Waals surface area contributed by atoms with Crippen molar-refractivity contribution in [3.63, 3.8) is 0 Å². The molecule has 1 saturated carbocycles. The molecule has 0 radical (unpaired) electrons. The second-order valence-electron chi connectivity index (χ2n) is 5.80. The Morgan fingerprint density at radius 1 is 1.40 bits per heavy atom. The number of rotatable bonds is 8. The number of pyridine rings is 1. The highest BCUT2D eigenvalue weighted by molar-refractivity contribution is 5.44. The molecule has 1 aliphatic rings. The number of nitrogens with one attached hydrogen (secondary N) is 1. The summed E-state index contributed by atoms with van der Waals surface area (Å²) in [6, 6.07) is 5.20. The minimum atomic E-state index is 0.745. The molecule has 0 saturated heterocycles. The van der Waals surface area contributed by atoms with Gasteiger partial charge >= 0.3 is 0 Å². The van der Waals surface area contributed by atoms with Crippen LogP contribution in [0.5, 0.6) is 0 Å². The lowest BCUT2D eigenvalue weighted by molar-refractivity contribution is 0.685. The molecule has 3 heteroatoms. The Balaban J connectivity index is 2.15. The van der Waals surface area contributed by atoms with Crippen molar-refractivity contribution in [1.82, 2.24) is 10.3 Å². The fourth-order valence-corrected chi connectivity index (χ4v) is 2.31. The summed E-state index contributed by atoms with van der Waals surface area (Å²) in [5.41, 5.74) is 3.70. The fourth-order valence-electron chi connectivity index (χ4n) is 2.31. The third kappa shape index (κ3) is 4.34. The topological polar surface area (TPSA) is 28.2 Å². The Hall–Kier alpha value is -1.35. The van der Waals surface area contributed by atoms with Gasteiger partial charge in [0.25, 0.3) is 0 Å². The zero-order valence-electron chi connectivity index (χ0n) is 13.1. The first-order chi connectivity index (χ1) is 9.62. The van der Waals surface area contributed by atoms with E-state index in [4.69, 9.17) is 4.98 Å². The van der Waals surface area contributed by atoms with Crippen LogP contribution >= 0.6 is 0 Å². The van der Waals surface area contributed by atoms with Gasteiger partial charge in [0, 0.05) is 31.4 Å². The van der Waals surface area contributed by atoms with Crippen LogP contribution in [0, 0.1) is 0 Å². The molecule has 0 bridgehead atoms. The minimum Gasteiger partial charge on any atom is -0.353 e. The van der Waals surface area contributed by atoms with Gasteiger partial charge in [-0.1, -0.05) is 19.1 Å². The summed E-state index contributed by atoms with van der Waals surface area (Å²) in [6.45, 7) is 13.2. The van der Waals surface area contributed by atoms with Crippen LogP contribution in [0.25, 0.3) is 0 Å². The lowest BCUT2D eigenvalue weighted by atomic mass is 10.1. The van der Waals surface area contributed by atoms with Gasteiger partial charge in [0.2, 0.25) is 0 Å². The van der Waals surface area contributed by atoms with E-state index in [1.165, 1.54) is 29.7 Å². The maximum Gasteiger partial charge on any atom is 0.129 e. The maximum atomic E-state index is 4.78.